The summed E-state index contributed by atoms with van der Waals surface area (Å²) in [5.41, 5.74) is 1.47. The van der Waals surface area contributed by atoms with Crippen LogP contribution in [0.4, 0.5) is 5.82 Å². The van der Waals surface area contributed by atoms with Crippen LogP contribution in [0.15, 0.2) is 30.4 Å². The van der Waals surface area contributed by atoms with Gasteiger partial charge in [-0.3, -0.25) is 4.98 Å². The summed E-state index contributed by atoms with van der Waals surface area (Å²) in [7, 11) is 0. The van der Waals surface area contributed by atoms with Crippen molar-refractivity contribution >= 4 is 16.9 Å². The SMILES string of the molecule is [2H]c1cccc2nc(N3CCNCC3)cnc12. The number of nitrogens with one attached hydrogen (secondary N) is 1. The van der Waals surface area contributed by atoms with Crippen molar-refractivity contribution in [1.82, 2.24) is 15.3 Å². The van der Waals surface area contributed by atoms with E-state index >= 15 is 0 Å². The minimum atomic E-state index is 0.432. The van der Waals surface area contributed by atoms with Crippen molar-refractivity contribution in [3.63, 3.8) is 0 Å². The highest BCUT2D eigenvalue weighted by Crippen LogP contribution is 2.15. The molecule has 3 rings (SSSR count). The van der Waals surface area contributed by atoms with Gasteiger partial charge in [-0.15, -0.1) is 0 Å². The van der Waals surface area contributed by atoms with Gasteiger partial charge in [-0.2, -0.15) is 0 Å². The molecule has 0 radical (unpaired) electrons. The summed E-state index contributed by atoms with van der Waals surface area (Å²) in [5.74, 6) is 0.907. The topological polar surface area (TPSA) is 41.1 Å². The van der Waals surface area contributed by atoms with Gasteiger partial charge in [0.1, 0.15) is 5.82 Å². The van der Waals surface area contributed by atoms with Gasteiger partial charge < -0.3 is 10.2 Å². The molecule has 1 aliphatic heterocycles. The standard InChI is InChI=1S/C12H14N4/c1-2-4-11-10(3-1)14-9-12(15-11)16-7-5-13-6-8-16/h1-4,9,13H,5-8H2/i3D. The van der Waals surface area contributed by atoms with Gasteiger partial charge in [0.05, 0.1) is 18.6 Å². The second-order valence-corrected chi connectivity index (χ2v) is 3.87. The third-order valence-electron chi connectivity index (χ3n) is 2.80. The molecule has 1 aromatic heterocycles. The van der Waals surface area contributed by atoms with Crippen LogP contribution < -0.4 is 10.2 Å². The summed E-state index contributed by atoms with van der Waals surface area (Å²) >= 11 is 0. The van der Waals surface area contributed by atoms with E-state index in [0.717, 1.165) is 37.5 Å². The smallest absolute Gasteiger partial charge is 0.147 e. The van der Waals surface area contributed by atoms with Crippen LogP contribution in [0.3, 0.4) is 0 Å². The molecule has 1 aromatic carbocycles. The normalized spacial score (nSPS) is 17.5. The van der Waals surface area contributed by atoms with Crippen molar-refractivity contribution in [3.05, 3.63) is 30.4 Å². The molecule has 4 nitrogen and oxygen atoms in total. The number of piperazine rings is 1. The van der Waals surface area contributed by atoms with Crippen LogP contribution in [0.2, 0.25) is 0 Å². The van der Waals surface area contributed by atoms with E-state index in [0.29, 0.717) is 11.6 Å². The maximum atomic E-state index is 7.75. The summed E-state index contributed by atoms with van der Waals surface area (Å²) in [6.45, 7) is 3.89. The molecule has 1 N–H and O–H groups in total. The fourth-order valence-electron chi connectivity index (χ4n) is 1.93. The summed E-state index contributed by atoms with van der Waals surface area (Å²) in [6.07, 6.45) is 1.77. The van der Waals surface area contributed by atoms with E-state index in [4.69, 9.17) is 1.37 Å². The van der Waals surface area contributed by atoms with Crippen LogP contribution >= 0.6 is 0 Å². The van der Waals surface area contributed by atoms with Crippen LogP contribution in [-0.4, -0.2) is 36.1 Å². The van der Waals surface area contributed by atoms with Crippen molar-refractivity contribution in [2.75, 3.05) is 31.1 Å². The largest absolute Gasteiger partial charge is 0.353 e. The zero-order valence-electron chi connectivity index (χ0n) is 9.98. The lowest BCUT2D eigenvalue weighted by Gasteiger charge is -2.28. The number of rotatable bonds is 1. The highest BCUT2D eigenvalue weighted by molar-refractivity contribution is 5.75. The Bertz CT molecular complexity index is 537. The van der Waals surface area contributed by atoms with Crippen LogP contribution in [0.1, 0.15) is 1.37 Å². The lowest BCUT2D eigenvalue weighted by Crippen LogP contribution is -2.43. The summed E-state index contributed by atoms with van der Waals surface area (Å²) in [4.78, 5) is 11.1. The van der Waals surface area contributed by atoms with E-state index in [1.807, 2.05) is 12.1 Å². The Morgan fingerprint density at radius 3 is 3.00 bits per heavy atom. The van der Waals surface area contributed by atoms with E-state index in [1.54, 1.807) is 12.3 Å². The number of nitrogens with zero attached hydrogens (tertiary/aromatic N) is 3. The minimum Gasteiger partial charge on any atom is -0.353 e. The van der Waals surface area contributed by atoms with Gasteiger partial charge >= 0.3 is 0 Å². The molecule has 4 heteroatoms. The molecule has 0 aliphatic carbocycles. The van der Waals surface area contributed by atoms with Crippen LogP contribution in [0, 0.1) is 0 Å². The van der Waals surface area contributed by atoms with E-state index in [9.17, 15) is 0 Å². The van der Waals surface area contributed by atoms with E-state index in [1.165, 1.54) is 0 Å². The first kappa shape index (κ1) is 8.47. The van der Waals surface area contributed by atoms with Gasteiger partial charge in [0, 0.05) is 26.2 Å². The average Bonchev–Trinajstić information content (AvgIpc) is 2.40. The Morgan fingerprint density at radius 2 is 2.12 bits per heavy atom. The fourth-order valence-corrected chi connectivity index (χ4v) is 1.93. The summed E-state index contributed by atoms with van der Waals surface area (Å²) in [5, 5.41) is 3.31. The highest BCUT2D eigenvalue weighted by atomic mass is 15.2. The molecular formula is C12H14N4. The number of anilines is 1. The second-order valence-electron chi connectivity index (χ2n) is 3.87. The Kier molecular flexibility index (Phi) is 2.15. The molecule has 0 bridgehead atoms. The molecule has 0 spiro atoms. The monoisotopic (exact) mass is 215 g/mol. The van der Waals surface area contributed by atoms with Crippen molar-refractivity contribution in [2.24, 2.45) is 0 Å². The molecular weight excluding hydrogens is 200 g/mol. The van der Waals surface area contributed by atoms with Gasteiger partial charge in [-0.05, 0) is 12.1 Å². The van der Waals surface area contributed by atoms with Crippen molar-refractivity contribution < 1.29 is 1.37 Å². The second kappa shape index (κ2) is 4.06. The lowest BCUT2D eigenvalue weighted by atomic mass is 10.3. The molecule has 0 atom stereocenters. The number of benzene rings is 1. The first-order chi connectivity index (χ1) is 8.34. The number of hydrogen-bond donors (Lipinski definition) is 1. The van der Waals surface area contributed by atoms with Crippen molar-refractivity contribution in [3.8, 4) is 0 Å². The molecule has 0 unspecified atom stereocenters. The van der Waals surface area contributed by atoms with Gasteiger partial charge in [-0.25, -0.2) is 4.98 Å². The molecule has 2 heterocycles. The van der Waals surface area contributed by atoms with E-state index < -0.39 is 0 Å². The van der Waals surface area contributed by atoms with Gasteiger partial charge in [-0.1, -0.05) is 12.1 Å². The highest BCUT2D eigenvalue weighted by Gasteiger charge is 2.12. The molecule has 16 heavy (non-hydrogen) atoms. The van der Waals surface area contributed by atoms with E-state index in [-0.39, 0.29) is 0 Å². The van der Waals surface area contributed by atoms with Gasteiger partial charge in [0.2, 0.25) is 0 Å². The van der Waals surface area contributed by atoms with Gasteiger partial charge in [0.25, 0.3) is 0 Å². The molecule has 2 aromatic rings. The molecule has 0 saturated carbocycles. The average molecular weight is 215 g/mol. The number of fused-ring (bicyclic) bond motifs is 1. The first-order valence-electron chi connectivity index (χ1n) is 6.02. The molecule has 1 fully saturated rings. The Hall–Kier alpha value is -1.68. The number of aromatic nitrogens is 2. The van der Waals surface area contributed by atoms with Crippen molar-refractivity contribution in [1.29, 1.82) is 0 Å². The zero-order chi connectivity index (χ0) is 11.7. The Labute approximate surface area is 95.7 Å². The van der Waals surface area contributed by atoms with Crippen LogP contribution in [0.25, 0.3) is 11.0 Å². The number of hydrogen-bond acceptors (Lipinski definition) is 4. The Morgan fingerprint density at radius 1 is 1.25 bits per heavy atom. The summed E-state index contributed by atoms with van der Waals surface area (Å²) in [6, 6.07) is 5.93. The predicted octanol–water partition coefficient (Wildman–Crippen LogP) is 1.04. The first-order valence-corrected chi connectivity index (χ1v) is 5.52. The zero-order valence-corrected chi connectivity index (χ0v) is 8.98. The number of para-hydroxylation sites is 2. The predicted molar refractivity (Wildman–Crippen MR) is 64.6 cm³/mol. The minimum absolute atomic E-state index is 0.432. The van der Waals surface area contributed by atoms with E-state index in [2.05, 4.69) is 20.2 Å². The van der Waals surface area contributed by atoms with Crippen LogP contribution in [-0.2, 0) is 0 Å². The molecule has 1 aliphatic rings. The molecule has 1 saturated heterocycles. The molecule has 82 valence electrons. The quantitative estimate of drug-likeness (QED) is 0.771. The molecule has 0 amide bonds. The summed E-state index contributed by atoms with van der Waals surface area (Å²) < 4.78 is 7.75. The third kappa shape index (κ3) is 1.72. The fraction of sp³-hybridized carbons (Fsp3) is 0.333. The van der Waals surface area contributed by atoms with Gasteiger partial charge in [0.15, 0.2) is 0 Å². The Balaban J connectivity index is 2.01. The van der Waals surface area contributed by atoms with Crippen LogP contribution in [0.5, 0.6) is 0 Å². The van der Waals surface area contributed by atoms with Crippen molar-refractivity contribution in [2.45, 2.75) is 0 Å². The third-order valence-corrected chi connectivity index (χ3v) is 2.80. The maximum absolute atomic E-state index is 7.75. The maximum Gasteiger partial charge on any atom is 0.147 e. The lowest BCUT2D eigenvalue weighted by molar-refractivity contribution is 0.585.